The lowest BCUT2D eigenvalue weighted by Crippen LogP contribution is -1.99. The molecule has 124 valence electrons. The third-order valence-electron chi connectivity index (χ3n) is 4.10. The van der Waals surface area contributed by atoms with Gasteiger partial charge >= 0.3 is 0 Å². The fourth-order valence-electron chi connectivity index (χ4n) is 2.90. The number of anilines is 2. The molecule has 0 amide bonds. The van der Waals surface area contributed by atoms with Crippen LogP contribution < -0.4 is 5.32 Å². The van der Waals surface area contributed by atoms with Crippen molar-refractivity contribution in [3.05, 3.63) is 76.9 Å². The fourth-order valence-corrected chi connectivity index (χ4v) is 3.17. The minimum absolute atomic E-state index is 0.211. The number of benzene rings is 2. The predicted octanol–water partition coefficient (Wildman–Crippen LogP) is 5.52. The summed E-state index contributed by atoms with van der Waals surface area (Å²) in [5.41, 5.74) is 4.26. The van der Waals surface area contributed by atoms with Crippen molar-refractivity contribution in [3.8, 4) is 17.0 Å². The van der Waals surface area contributed by atoms with Gasteiger partial charge in [0.2, 0.25) is 0 Å². The summed E-state index contributed by atoms with van der Waals surface area (Å²) in [7, 11) is 0. The Morgan fingerprint density at radius 3 is 2.48 bits per heavy atom. The lowest BCUT2D eigenvalue weighted by atomic mass is 10.1. The van der Waals surface area contributed by atoms with Crippen LogP contribution in [0.15, 0.2) is 71.2 Å². The van der Waals surface area contributed by atoms with E-state index in [0.29, 0.717) is 5.56 Å². The monoisotopic (exact) mass is 393 g/mol. The van der Waals surface area contributed by atoms with Gasteiger partial charge in [-0.3, -0.25) is 4.40 Å². The van der Waals surface area contributed by atoms with Gasteiger partial charge in [-0.25, -0.2) is 4.98 Å². The van der Waals surface area contributed by atoms with E-state index in [4.69, 9.17) is 4.98 Å². The van der Waals surface area contributed by atoms with Gasteiger partial charge in [0, 0.05) is 21.4 Å². The molecular weight excluding hydrogens is 378 g/mol. The lowest BCUT2D eigenvalue weighted by molar-refractivity contribution is 0.477. The summed E-state index contributed by atoms with van der Waals surface area (Å²) in [6.07, 6.45) is 0. The Kier molecular flexibility index (Phi) is 3.93. The number of phenolic OH excluding ortho intramolecular Hbond substituents is 1. The fraction of sp³-hybridized carbons (Fsp3) is 0.0500. The zero-order valence-electron chi connectivity index (χ0n) is 13.6. The maximum Gasteiger partial charge on any atom is 0.143 e. The summed E-state index contributed by atoms with van der Waals surface area (Å²) < 4.78 is 3.08. The first-order chi connectivity index (χ1) is 12.1. The van der Waals surface area contributed by atoms with Gasteiger partial charge < -0.3 is 10.4 Å². The molecule has 0 bridgehead atoms. The minimum Gasteiger partial charge on any atom is -0.507 e. The largest absolute Gasteiger partial charge is 0.507 e. The summed E-state index contributed by atoms with van der Waals surface area (Å²) in [4.78, 5) is 4.75. The Bertz CT molecular complexity index is 1050. The number of halogens is 1. The van der Waals surface area contributed by atoms with Gasteiger partial charge in [-0.1, -0.05) is 34.1 Å². The lowest BCUT2D eigenvalue weighted by Gasteiger charge is -2.11. The van der Waals surface area contributed by atoms with E-state index in [1.54, 1.807) is 6.07 Å². The first-order valence-corrected chi connectivity index (χ1v) is 8.72. The van der Waals surface area contributed by atoms with Crippen LogP contribution in [0.1, 0.15) is 5.69 Å². The number of pyridine rings is 1. The first-order valence-electron chi connectivity index (χ1n) is 7.92. The Morgan fingerprint density at radius 1 is 0.960 bits per heavy atom. The maximum absolute atomic E-state index is 10.3. The molecule has 2 aromatic carbocycles. The average Bonchev–Trinajstić information content (AvgIpc) is 2.97. The number of rotatable bonds is 3. The van der Waals surface area contributed by atoms with Gasteiger partial charge in [0.05, 0.1) is 0 Å². The molecule has 2 heterocycles. The van der Waals surface area contributed by atoms with Crippen molar-refractivity contribution in [3.63, 3.8) is 0 Å². The molecule has 4 rings (SSSR count). The van der Waals surface area contributed by atoms with Crippen molar-refractivity contribution >= 4 is 33.1 Å². The van der Waals surface area contributed by atoms with Gasteiger partial charge in [-0.15, -0.1) is 0 Å². The number of aryl methyl sites for hydroxylation is 1. The highest BCUT2D eigenvalue weighted by molar-refractivity contribution is 9.10. The normalized spacial score (nSPS) is 11.0. The zero-order valence-corrected chi connectivity index (χ0v) is 15.2. The van der Waals surface area contributed by atoms with Gasteiger partial charge in [0.15, 0.2) is 0 Å². The summed E-state index contributed by atoms with van der Waals surface area (Å²) in [6, 6.07) is 21.2. The minimum atomic E-state index is 0.211. The van der Waals surface area contributed by atoms with Crippen molar-refractivity contribution in [1.29, 1.82) is 0 Å². The molecule has 0 fully saturated rings. The molecule has 0 spiro atoms. The molecule has 4 nitrogen and oxygen atoms in total. The van der Waals surface area contributed by atoms with E-state index < -0.39 is 0 Å². The summed E-state index contributed by atoms with van der Waals surface area (Å²) >= 11 is 3.46. The van der Waals surface area contributed by atoms with Gasteiger partial charge in [0.25, 0.3) is 0 Å². The molecule has 5 heteroatoms. The average molecular weight is 394 g/mol. The van der Waals surface area contributed by atoms with Crippen molar-refractivity contribution < 1.29 is 5.11 Å². The van der Waals surface area contributed by atoms with Gasteiger partial charge in [-0.2, -0.15) is 0 Å². The molecule has 0 aliphatic carbocycles. The number of para-hydroxylation sites is 1. The number of hydrogen-bond acceptors (Lipinski definition) is 3. The number of phenols is 1. The van der Waals surface area contributed by atoms with Crippen LogP contribution in [-0.4, -0.2) is 14.5 Å². The van der Waals surface area contributed by atoms with Gasteiger partial charge in [0.1, 0.15) is 22.9 Å². The molecule has 0 saturated carbocycles. The first kappa shape index (κ1) is 15.7. The van der Waals surface area contributed by atoms with Crippen LogP contribution in [0.5, 0.6) is 5.75 Å². The third-order valence-corrected chi connectivity index (χ3v) is 4.63. The second kappa shape index (κ2) is 6.26. The number of aromatic nitrogens is 2. The van der Waals surface area contributed by atoms with Crippen LogP contribution in [0.2, 0.25) is 0 Å². The highest BCUT2D eigenvalue weighted by atomic mass is 79.9. The molecule has 0 unspecified atom stereocenters. The molecule has 2 aromatic heterocycles. The molecule has 0 radical (unpaired) electrons. The van der Waals surface area contributed by atoms with Crippen molar-refractivity contribution in [2.45, 2.75) is 6.92 Å². The van der Waals surface area contributed by atoms with Crippen LogP contribution in [0.3, 0.4) is 0 Å². The Hall–Kier alpha value is -2.79. The van der Waals surface area contributed by atoms with E-state index in [0.717, 1.165) is 33.0 Å². The van der Waals surface area contributed by atoms with E-state index in [2.05, 4.69) is 25.6 Å². The van der Waals surface area contributed by atoms with Crippen LogP contribution in [-0.2, 0) is 0 Å². The van der Waals surface area contributed by atoms with Crippen LogP contribution in [0.4, 0.5) is 11.5 Å². The standard InChI is InChI=1S/C20H16BrN3O/c1-13-5-4-8-18-23-19(16-6-2-3-7-17(16)25)20(24(13)18)22-15-11-9-14(21)10-12-15/h2-12,22,25H,1H3. The Labute approximate surface area is 153 Å². The summed E-state index contributed by atoms with van der Waals surface area (Å²) in [6.45, 7) is 2.04. The van der Waals surface area contributed by atoms with Crippen molar-refractivity contribution in [1.82, 2.24) is 9.38 Å². The van der Waals surface area contributed by atoms with Crippen molar-refractivity contribution in [2.24, 2.45) is 0 Å². The van der Waals surface area contributed by atoms with Gasteiger partial charge in [-0.05, 0) is 55.5 Å². The highest BCUT2D eigenvalue weighted by Crippen LogP contribution is 2.36. The van der Waals surface area contributed by atoms with Crippen LogP contribution in [0, 0.1) is 6.92 Å². The molecule has 2 N–H and O–H groups in total. The SMILES string of the molecule is Cc1cccc2nc(-c3ccccc3O)c(Nc3ccc(Br)cc3)n12. The number of imidazole rings is 1. The number of fused-ring (bicyclic) bond motifs is 1. The number of hydrogen-bond donors (Lipinski definition) is 2. The number of nitrogens with zero attached hydrogens (tertiary/aromatic N) is 2. The quantitative estimate of drug-likeness (QED) is 0.481. The second-order valence-electron chi connectivity index (χ2n) is 5.82. The zero-order chi connectivity index (χ0) is 17.4. The maximum atomic E-state index is 10.3. The molecule has 0 aliphatic heterocycles. The highest BCUT2D eigenvalue weighted by Gasteiger charge is 2.17. The van der Waals surface area contributed by atoms with E-state index >= 15 is 0 Å². The molecule has 0 atom stereocenters. The van der Waals surface area contributed by atoms with Crippen LogP contribution in [0.25, 0.3) is 16.9 Å². The molecule has 25 heavy (non-hydrogen) atoms. The summed E-state index contributed by atoms with van der Waals surface area (Å²) in [5, 5.41) is 13.8. The predicted molar refractivity (Wildman–Crippen MR) is 104 cm³/mol. The van der Waals surface area contributed by atoms with Crippen LogP contribution >= 0.6 is 15.9 Å². The number of nitrogens with one attached hydrogen (secondary N) is 1. The van der Waals surface area contributed by atoms with E-state index in [9.17, 15) is 5.11 Å². The summed E-state index contributed by atoms with van der Waals surface area (Å²) in [5.74, 6) is 1.04. The topological polar surface area (TPSA) is 49.6 Å². The van der Waals surface area contributed by atoms with E-state index in [-0.39, 0.29) is 5.75 Å². The van der Waals surface area contributed by atoms with E-state index in [1.807, 2.05) is 67.6 Å². The smallest absolute Gasteiger partial charge is 0.143 e. The Morgan fingerprint density at radius 2 is 1.72 bits per heavy atom. The van der Waals surface area contributed by atoms with Crippen molar-refractivity contribution in [2.75, 3.05) is 5.32 Å². The molecule has 0 saturated heterocycles. The Balaban J connectivity index is 1.95. The third kappa shape index (κ3) is 2.87. The molecular formula is C20H16BrN3O. The molecule has 4 aromatic rings. The number of aromatic hydroxyl groups is 1. The molecule has 0 aliphatic rings. The van der Waals surface area contributed by atoms with E-state index in [1.165, 1.54) is 0 Å². The second-order valence-corrected chi connectivity index (χ2v) is 6.73.